The fourth-order valence-corrected chi connectivity index (χ4v) is 2.80. The Morgan fingerprint density at radius 3 is 2.76 bits per heavy atom. The molecule has 0 aliphatic carbocycles. The molecule has 1 N–H and O–H groups in total. The van der Waals surface area contributed by atoms with Crippen LogP contribution in [-0.2, 0) is 0 Å². The van der Waals surface area contributed by atoms with Crippen LogP contribution < -0.4 is 10.8 Å². The van der Waals surface area contributed by atoms with E-state index in [1.54, 1.807) is 18.7 Å². The van der Waals surface area contributed by atoms with Crippen molar-refractivity contribution >= 4 is 30.2 Å². The first kappa shape index (κ1) is 15.4. The lowest BCUT2D eigenvalue weighted by Crippen LogP contribution is -2.09. The Labute approximate surface area is 147 Å². The molecule has 0 aliphatic rings. The van der Waals surface area contributed by atoms with E-state index in [0.29, 0.717) is 17.1 Å². The average Bonchev–Trinajstić information content (AvgIpc) is 3.05. The molecule has 0 saturated carbocycles. The number of anilines is 1. The second-order valence-corrected chi connectivity index (χ2v) is 5.90. The van der Waals surface area contributed by atoms with Gasteiger partial charge >= 0.3 is 0 Å². The van der Waals surface area contributed by atoms with Gasteiger partial charge in [0.05, 0.1) is 23.4 Å². The van der Waals surface area contributed by atoms with Crippen LogP contribution in [-0.4, -0.2) is 27.4 Å². The standard InChI is InChI=1S/C19H16BN5/c1-13(14-5-3-2-4-6-14)23-18-10-21-11-19(24-18)25-12-22-16-9-15(20)7-8-17(16)25/h2-13H,1H3,(H,23,24)/t13-/m0/s1. The van der Waals surface area contributed by atoms with Crippen LogP contribution in [0, 0.1) is 0 Å². The highest BCUT2D eigenvalue weighted by molar-refractivity contribution is 6.33. The lowest BCUT2D eigenvalue weighted by molar-refractivity contribution is 0.865. The number of aromatic nitrogens is 4. The van der Waals surface area contributed by atoms with Crippen LogP contribution in [0.5, 0.6) is 0 Å². The highest BCUT2D eigenvalue weighted by atomic mass is 15.2. The van der Waals surface area contributed by atoms with Gasteiger partial charge in [0, 0.05) is 6.04 Å². The molecule has 0 bridgehead atoms. The summed E-state index contributed by atoms with van der Waals surface area (Å²) in [5, 5.41) is 3.39. The molecular formula is C19H16BN5. The first-order chi connectivity index (χ1) is 12.2. The van der Waals surface area contributed by atoms with Gasteiger partial charge in [0.15, 0.2) is 5.82 Å². The van der Waals surface area contributed by atoms with E-state index in [9.17, 15) is 0 Å². The molecule has 5 nitrogen and oxygen atoms in total. The Morgan fingerprint density at radius 2 is 1.92 bits per heavy atom. The number of benzene rings is 2. The van der Waals surface area contributed by atoms with Gasteiger partial charge < -0.3 is 5.32 Å². The number of nitrogens with zero attached hydrogens (tertiary/aromatic N) is 4. The number of fused-ring (bicyclic) bond motifs is 1. The number of hydrogen-bond acceptors (Lipinski definition) is 4. The smallest absolute Gasteiger partial charge is 0.159 e. The van der Waals surface area contributed by atoms with E-state index in [1.807, 2.05) is 41.0 Å². The first-order valence-corrected chi connectivity index (χ1v) is 8.07. The van der Waals surface area contributed by atoms with E-state index in [4.69, 9.17) is 7.85 Å². The summed E-state index contributed by atoms with van der Waals surface area (Å²) in [5.41, 5.74) is 3.66. The van der Waals surface area contributed by atoms with Crippen molar-refractivity contribution in [2.75, 3.05) is 5.32 Å². The SMILES string of the molecule is [B]c1ccc2c(c1)ncn2-c1cncc(N[C@@H](C)c2ccccc2)n1. The molecule has 2 aromatic carbocycles. The number of rotatable bonds is 4. The summed E-state index contributed by atoms with van der Waals surface area (Å²) in [5.74, 6) is 1.42. The topological polar surface area (TPSA) is 55.6 Å². The van der Waals surface area contributed by atoms with Crippen LogP contribution in [0.25, 0.3) is 16.9 Å². The van der Waals surface area contributed by atoms with Gasteiger partial charge in [-0.25, -0.2) is 9.97 Å². The summed E-state index contributed by atoms with van der Waals surface area (Å²) < 4.78 is 1.90. The summed E-state index contributed by atoms with van der Waals surface area (Å²) in [6.07, 6.45) is 5.18. The summed E-state index contributed by atoms with van der Waals surface area (Å²) in [7, 11) is 5.82. The highest BCUT2D eigenvalue weighted by Crippen LogP contribution is 2.19. The van der Waals surface area contributed by atoms with E-state index in [-0.39, 0.29) is 6.04 Å². The Balaban J connectivity index is 1.65. The molecule has 0 fully saturated rings. The predicted octanol–water partition coefficient (Wildman–Crippen LogP) is 2.78. The zero-order valence-corrected chi connectivity index (χ0v) is 13.8. The molecule has 0 amide bonds. The molecular weight excluding hydrogens is 309 g/mol. The molecule has 120 valence electrons. The second-order valence-electron chi connectivity index (χ2n) is 5.90. The minimum absolute atomic E-state index is 0.130. The number of nitrogens with one attached hydrogen (secondary N) is 1. The van der Waals surface area contributed by atoms with E-state index >= 15 is 0 Å². The Morgan fingerprint density at radius 1 is 1.08 bits per heavy atom. The fraction of sp³-hybridized carbons (Fsp3) is 0.105. The van der Waals surface area contributed by atoms with Crippen molar-refractivity contribution < 1.29 is 0 Å². The average molecular weight is 325 g/mol. The van der Waals surface area contributed by atoms with Gasteiger partial charge in [-0.3, -0.25) is 9.55 Å². The molecule has 0 unspecified atom stereocenters. The van der Waals surface area contributed by atoms with Crippen molar-refractivity contribution in [1.29, 1.82) is 0 Å². The van der Waals surface area contributed by atoms with E-state index < -0.39 is 0 Å². The first-order valence-electron chi connectivity index (χ1n) is 8.07. The fourth-order valence-electron chi connectivity index (χ4n) is 2.80. The molecule has 0 aliphatic heterocycles. The molecule has 1 atom stereocenters. The van der Waals surface area contributed by atoms with Crippen molar-refractivity contribution in [2.24, 2.45) is 0 Å². The molecule has 0 spiro atoms. The zero-order chi connectivity index (χ0) is 17.2. The van der Waals surface area contributed by atoms with Crippen LogP contribution in [0.2, 0.25) is 0 Å². The van der Waals surface area contributed by atoms with Gasteiger partial charge in [-0.15, -0.1) is 0 Å². The maximum atomic E-state index is 5.82. The van der Waals surface area contributed by atoms with Crippen molar-refractivity contribution in [3.63, 3.8) is 0 Å². The van der Waals surface area contributed by atoms with Crippen molar-refractivity contribution in [1.82, 2.24) is 19.5 Å². The third-order valence-corrected chi connectivity index (χ3v) is 4.10. The van der Waals surface area contributed by atoms with E-state index in [1.165, 1.54) is 5.56 Å². The minimum atomic E-state index is 0.130. The van der Waals surface area contributed by atoms with Gasteiger partial charge in [0.2, 0.25) is 0 Å². The molecule has 4 rings (SSSR count). The summed E-state index contributed by atoms with van der Waals surface area (Å²) in [4.78, 5) is 13.4. The van der Waals surface area contributed by atoms with Gasteiger partial charge in [0.1, 0.15) is 20.0 Å². The molecule has 2 radical (unpaired) electrons. The molecule has 4 aromatic rings. The summed E-state index contributed by atoms with van der Waals surface area (Å²) in [6, 6.07) is 16.0. The van der Waals surface area contributed by atoms with Crippen LogP contribution >= 0.6 is 0 Å². The van der Waals surface area contributed by atoms with Gasteiger partial charge in [-0.1, -0.05) is 41.9 Å². The third kappa shape index (κ3) is 3.11. The highest BCUT2D eigenvalue weighted by Gasteiger charge is 2.09. The normalized spacial score (nSPS) is 12.2. The van der Waals surface area contributed by atoms with Crippen LogP contribution in [0.3, 0.4) is 0 Å². The lowest BCUT2D eigenvalue weighted by atomic mass is 9.96. The molecule has 6 heteroatoms. The minimum Gasteiger partial charge on any atom is -0.362 e. The Bertz CT molecular complexity index is 1010. The molecule has 2 heterocycles. The third-order valence-electron chi connectivity index (χ3n) is 4.10. The summed E-state index contributed by atoms with van der Waals surface area (Å²) in [6.45, 7) is 2.10. The van der Waals surface area contributed by atoms with Crippen LogP contribution in [0.4, 0.5) is 5.82 Å². The maximum absolute atomic E-state index is 5.82. The number of hydrogen-bond donors (Lipinski definition) is 1. The molecule has 25 heavy (non-hydrogen) atoms. The number of imidazole rings is 1. The van der Waals surface area contributed by atoms with E-state index in [0.717, 1.165) is 11.0 Å². The lowest BCUT2D eigenvalue weighted by Gasteiger charge is -2.15. The zero-order valence-electron chi connectivity index (χ0n) is 13.8. The second kappa shape index (κ2) is 6.40. The van der Waals surface area contributed by atoms with Crippen molar-refractivity contribution in [3.05, 3.63) is 72.8 Å². The largest absolute Gasteiger partial charge is 0.362 e. The van der Waals surface area contributed by atoms with Crippen molar-refractivity contribution in [3.8, 4) is 5.82 Å². The maximum Gasteiger partial charge on any atom is 0.159 e. The van der Waals surface area contributed by atoms with Gasteiger partial charge in [-0.2, -0.15) is 0 Å². The summed E-state index contributed by atoms with van der Waals surface area (Å²) >= 11 is 0. The van der Waals surface area contributed by atoms with Crippen molar-refractivity contribution in [2.45, 2.75) is 13.0 Å². The molecule has 2 aromatic heterocycles. The Kier molecular flexibility index (Phi) is 3.94. The van der Waals surface area contributed by atoms with Crippen LogP contribution in [0.1, 0.15) is 18.5 Å². The van der Waals surface area contributed by atoms with Crippen LogP contribution in [0.15, 0.2) is 67.3 Å². The monoisotopic (exact) mass is 325 g/mol. The predicted molar refractivity (Wildman–Crippen MR) is 101 cm³/mol. The quantitative estimate of drug-likeness (QED) is 0.586. The van der Waals surface area contributed by atoms with Gasteiger partial charge in [-0.05, 0) is 24.6 Å². The van der Waals surface area contributed by atoms with Gasteiger partial charge in [0.25, 0.3) is 0 Å². The Hall–Kier alpha value is -3.15. The van der Waals surface area contributed by atoms with E-state index in [2.05, 4.69) is 39.3 Å². The molecule has 0 saturated heterocycles.